The van der Waals surface area contributed by atoms with E-state index < -0.39 is 0 Å². The van der Waals surface area contributed by atoms with Crippen LogP contribution in [0.3, 0.4) is 0 Å². The first-order valence-corrected chi connectivity index (χ1v) is 6.80. The molecule has 0 atom stereocenters. The van der Waals surface area contributed by atoms with Crippen LogP contribution in [0.1, 0.15) is 32.6 Å². The zero-order chi connectivity index (χ0) is 14.1. The van der Waals surface area contributed by atoms with Crippen LogP contribution in [0.25, 0.3) is 0 Å². The predicted molar refractivity (Wildman–Crippen MR) is 78.3 cm³/mol. The molecule has 0 radical (unpaired) electrons. The largest absolute Gasteiger partial charge is 0.360 e. The molecule has 0 amide bonds. The molecule has 1 aromatic heterocycles. The van der Waals surface area contributed by atoms with Crippen molar-refractivity contribution in [3.8, 4) is 6.07 Å². The molecule has 1 rings (SSSR count). The monoisotopic (exact) mass is 261 g/mol. The Balaban J connectivity index is 2.63. The highest BCUT2D eigenvalue weighted by Gasteiger charge is 2.07. The summed E-state index contributed by atoms with van der Waals surface area (Å²) < 4.78 is 0. The number of hydrogen-bond acceptors (Lipinski definition) is 5. The lowest BCUT2D eigenvalue weighted by molar-refractivity contribution is 0.700. The van der Waals surface area contributed by atoms with E-state index in [9.17, 15) is 0 Å². The number of rotatable bonds is 8. The Labute approximate surface area is 115 Å². The number of nitrogens with zero attached hydrogens (tertiary/aromatic N) is 5. The number of anilines is 2. The second-order valence-electron chi connectivity index (χ2n) is 4.69. The third-order valence-corrected chi connectivity index (χ3v) is 3.08. The number of aromatic nitrogens is 2. The van der Waals surface area contributed by atoms with Crippen molar-refractivity contribution >= 4 is 11.6 Å². The van der Waals surface area contributed by atoms with Gasteiger partial charge in [-0.05, 0) is 6.42 Å². The Kier molecular flexibility index (Phi) is 6.65. The van der Waals surface area contributed by atoms with Crippen molar-refractivity contribution in [3.05, 3.63) is 12.4 Å². The van der Waals surface area contributed by atoms with Gasteiger partial charge in [0.25, 0.3) is 0 Å². The van der Waals surface area contributed by atoms with Crippen LogP contribution in [0.15, 0.2) is 12.4 Å². The highest BCUT2D eigenvalue weighted by Crippen LogP contribution is 2.16. The molecular weight excluding hydrogens is 238 g/mol. The van der Waals surface area contributed by atoms with E-state index in [4.69, 9.17) is 5.26 Å². The smallest absolute Gasteiger partial charge is 0.133 e. The van der Waals surface area contributed by atoms with Crippen molar-refractivity contribution in [2.45, 2.75) is 32.6 Å². The van der Waals surface area contributed by atoms with Crippen LogP contribution in [0, 0.1) is 11.3 Å². The molecule has 0 aliphatic carbocycles. The van der Waals surface area contributed by atoms with Crippen molar-refractivity contribution in [1.82, 2.24) is 9.97 Å². The molecular formula is C14H23N5. The van der Waals surface area contributed by atoms with Gasteiger partial charge in [0.2, 0.25) is 0 Å². The Bertz CT molecular complexity index is 413. The predicted octanol–water partition coefficient (Wildman–Crippen LogP) is 2.45. The molecule has 0 aliphatic heterocycles. The van der Waals surface area contributed by atoms with Gasteiger partial charge in [0.05, 0.1) is 12.5 Å². The molecule has 0 bridgehead atoms. The summed E-state index contributed by atoms with van der Waals surface area (Å²) in [7, 11) is 4.00. The summed E-state index contributed by atoms with van der Waals surface area (Å²) in [6.07, 6.45) is 5.73. The van der Waals surface area contributed by atoms with E-state index in [1.165, 1.54) is 19.3 Å². The molecule has 104 valence electrons. The average molecular weight is 261 g/mol. The fourth-order valence-electron chi connectivity index (χ4n) is 1.80. The third-order valence-electron chi connectivity index (χ3n) is 3.08. The first-order valence-electron chi connectivity index (χ1n) is 6.80. The molecule has 0 saturated carbocycles. The molecule has 0 spiro atoms. The summed E-state index contributed by atoms with van der Waals surface area (Å²) in [4.78, 5) is 12.7. The van der Waals surface area contributed by atoms with Gasteiger partial charge in [0, 0.05) is 33.3 Å². The second kappa shape index (κ2) is 8.30. The van der Waals surface area contributed by atoms with Crippen LogP contribution >= 0.6 is 0 Å². The molecule has 5 nitrogen and oxygen atoms in total. The van der Waals surface area contributed by atoms with Crippen LogP contribution in [-0.2, 0) is 0 Å². The van der Waals surface area contributed by atoms with Gasteiger partial charge in [-0.25, -0.2) is 9.97 Å². The Hall–Kier alpha value is -1.83. The molecule has 0 N–H and O–H groups in total. The van der Waals surface area contributed by atoms with Gasteiger partial charge < -0.3 is 9.80 Å². The van der Waals surface area contributed by atoms with Crippen LogP contribution < -0.4 is 9.80 Å². The zero-order valence-corrected chi connectivity index (χ0v) is 12.1. The van der Waals surface area contributed by atoms with Crippen LogP contribution in [0.4, 0.5) is 11.6 Å². The summed E-state index contributed by atoms with van der Waals surface area (Å²) in [6.45, 7) is 3.89. The minimum atomic E-state index is 0.502. The molecule has 0 saturated heterocycles. The summed E-state index contributed by atoms with van der Waals surface area (Å²) in [5.41, 5.74) is 0. The van der Waals surface area contributed by atoms with E-state index in [1.807, 2.05) is 18.0 Å². The second-order valence-corrected chi connectivity index (χ2v) is 4.69. The molecule has 1 heterocycles. The molecule has 19 heavy (non-hydrogen) atoms. The third kappa shape index (κ3) is 5.12. The number of hydrogen-bond donors (Lipinski definition) is 0. The average Bonchev–Trinajstić information content (AvgIpc) is 2.45. The fraction of sp³-hybridized carbons (Fsp3) is 0.643. The molecule has 0 aliphatic rings. The Morgan fingerprint density at radius 1 is 1.11 bits per heavy atom. The van der Waals surface area contributed by atoms with Crippen LogP contribution in [-0.4, -0.2) is 37.2 Å². The minimum Gasteiger partial charge on any atom is -0.360 e. The lowest BCUT2D eigenvalue weighted by atomic mass is 10.2. The van der Waals surface area contributed by atoms with Crippen molar-refractivity contribution < 1.29 is 0 Å². The Morgan fingerprint density at radius 2 is 1.74 bits per heavy atom. The summed E-state index contributed by atoms with van der Waals surface area (Å²) in [5.74, 6) is 1.80. The standard InChI is InChI=1S/C14H23N5/c1-4-5-6-9-18(2)13-11-14(17-12-16-13)19(3)10-7-8-15/h11-12H,4-7,9-10H2,1-3H3. The summed E-state index contributed by atoms with van der Waals surface area (Å²) in [5, 5.41) is 8.61. The fourth-order valence-corrected chi connectivity index (χ4v) is 1.80. The van der Waals surface area contributed by atoms with E-state index in [2.05, 4.69) is 34.9 Å². The van der Waals surface area contributed by atoms with Gasteiger partial charge in [-0.3, -0.25) is 0 Å². The topological polar surface area (TPSA) is 56.0 Å². The lowest BCUT2D eigenvalue weighted by Crippen LogP contribution is -2.23. The molecule has 5 heteroatoms. The van der Waals surface area contributed by atoms with Gasteiger partial charge >= 0.3 is 0 Å². The highest BCUT2D eigenvalue weighted by atomic mass is 15.2. The van der Waals surface area contributed by atoms with Crippen molar-refractivity contribution in [2.24, 2.45) is 0 Å². The number of nitriles is 1. The van der Waals surface area contributed by atoms with Crippen molar-refractivity contribution in [1.29, 1.82) is 5.26 Å². The van der Waals surface area contributed by atoms with E-state index >= 15 is 0 Å². The zero-order valence-electron chi connectivity index (χ0n) is 12.1. The van der Waals surface area contributed by atoms with Crippen molar-refractivity contribution in [2.75, 3.05) is 37.0 Å². The number of unbranched alkanes of at least 4 members (excludes halogenated alkanes) is 2. The normalized spacial score (nSPS) is 10.0. The minimum absolute atomic E-state index is 0.502. The van der Waals surface area contributed by atoms with Crippen LogP contribution in [0.5, 0.6) is 0 Å². The molecule has 0 aromatic carbocycles. The van der Waals surface area contributed by atoms with Gasteiger partial charge in [-0.2, -0.15) is 5.26 Å². The van der Waals surface area contributed by atoms with Crippen molar-refractivity contribution in [3.63, 3.8) is 0 Å². The molecule has 0 fully saturated rings. The SMILES string of the molecule is CCCCCN(C)c1cc(N(C)CCC#N)ncn1. The maximum Gasteiger partial charge on any atom is 0.133 e. The van der Waals surface area contributed by atoms with Gasteiger partial charge in [-0.15, -0.1) is 0 Å². The lowest BCUT2D eigenvalue weighted by Gasteiger charge is -2.21. The van der Waals surface area contributed by atoms with Crippen LogP contribution in [0.2, 0.25) is 0 Å². The molecule has 1 aromatic rings. The van der Waals surface area contributed by atoms with Gasteiger partial charge in [-0.1, -0.05) is 19.8 Å². The summed E-state index contributed by atoms with van der Waals surface area (Å²) >= 11 is 0. The van der Waals surface area contributed by atoms with Gasteiger partial charge in [0.1, 0.15) is 18.0 Å². The highest BCUT2D eigenvalue weighted by molar-refractivity contribution is 5.49. The Morgan fingerprint density at radius 3 is 2.32 bits per heavy atom. The summed E-state index contributed by atoms with van der Waals surface area (Å²) in [6, 6.07) is 4.12. The van der Waals surface area contributed by atoms with E-state index in [0.717, 1.165) is 18.2 Å². The quantitative estimate of drug-likeness (QED) is 0.673. The van der Waals surface area contributed by atoms with E-state index in [1.54, 1.807) is 6.33 Å². The maximum absolute atomic E-state index is 8.61. The van der Waals surface area contributed by atoms with E-state index in [0.29, 0.717) is 13.0 Å². The first-order chi connectivity index (χ1) is 9.19. The van der Waals surface area contributed by atoms with E-state index in [-0.39, 0.29) is 0 Å². The molecule has 0 unspecified atom stereocenters. The first kappa shape index (κ1) is 15.2. The van der Waals surface area contributed by atoms with Gasteiger partial charge in [0.15, 0.2) is 0 Å². The maximum atomic E-state index is 8.61.